The smallest absolute Gasteiger partial charge is 0.408 e. The maximum absolute atomic E-state index is 12.7. The molecule has 1 atom stereocenters. The molecule has 2 amide bonds. The number of carbonyl (C=O) groups excluding carboxylic acids is 2. The van der Waals surface area contributed by atoms with Crippen LogP contribution in [0.4, 0.5) is 4.79 Å². The standard InChI is InChI=1S/C20H30N2O3/c1-20(2,3)25-19(24)21-17-13-7-8-14-22(18(17)23)15-9-12-16-10-5-4-6-11-16/h4-6,10-11,17H,7-9,12-15H2,1-3H3,(H,21,24)/t17-/m0/s1. The first kappa shape index (κ1) is 19.3. The fourth-order valence-corrected chi connectivity index (χ4v) is 3.03. The van der Waals surface area contributed by atoms with Crippen molar-refractivity contribution >= 4 is 12.0 Å². The zero-order chi connectivity index (χ0) is 18.3. The molecule has 5 nitrogen and oxygen atoms in total. The summed E-state index contributed by atoms with van der Waals surface area (Å²) in [6.07, 6.45) is 3.94. The van der Waals surface area contributed by atoms with Crippen molar-refractivity contribution < 1.29 is 14.3 Å². The van der Waals surface area contributed by atoms with E-state index in [4.69, 9.17) is 4.74 Å². The third kappa shape index (κ3) is 6.77. The van der Waals surface area contributed by atoms with E-state index >= 15 is 0 Å². The van der Waals surface area contributed by atoms with Crippen molar-refractivity contribution in [1.29, 1.82) is 0 Å². The Morgan fingerprint density at radius 1 is 1.24 bits per heavy atom. The molecule has 5 heteroatoms. The zero-order valence-electron chi connectivity index (χ0n) is 15.6. The van der Waals surface area contributed by atoms with Gasteiger partial charge in [-0.15, -0.1) is 0 Å². The molecule has 1 fully saturated rings. The molecule has 1 aliphatic rings. The van der Waals surface area contributed by atoms with E-state index in [0.717, 1.165) is 38.8 Å². The Hall–Kier alpha value is -2.04. The van der Waals surface area contributed by atoms with Crippen molar-refractivity contribution in [2.75, 3.05) is 13.1 Å². The van der Waals surface area contributed by atoms with Crippen molar-refractivity contribution in [3.05, 3.63) is 35.9 Å². The second kappa shape index (κ2) is 8.88. The van der Waals surface area contributed by atoms with Crippen LogP contribution >= 0.6 is 0 Å². The summed E-state index contributed by atoms with van der Waals surface area (Å²) >= 11 is 0. The molecule has 0 unspecified atom stereocenters. The predicted octanol–water partition coefficient (Wildman–Crippen LogP) is 3.53. The van der Waals surface area contributed by atoms with E-state index in [1.165, 1.54) is 5.56 Å². The van der Waals surface area contributed by atoms with Crippen LogP contribution in [0, 0.1) is 0 Å². The lowest BCUT2D eigenvalue weighted by molar-refractivity contribution is -0.133. The van der Waals surface area contributed by atoms with Crippen LogP contribution in [0.2, 0.25) is 0 Å². The van der Waals surface area contributed by atoms with Gasteiger partial charge >= 0.3 is 6.09 Å². The van der Waals surface area contributed by atoms with Crippen LogP contribution < -0.4 is 5.32 Å². The molecular weight excluding hydrogens is 316 g/mol. The molecule has 0 aromatic heterocycles. The minimum Gasteiger partial charge on any atom is -0.444 e. The first-order valence-electron chi connectivity index (χ1n) is 9.17. The van der Waals surface area contributed by atoms with Crippen LogP contribution in [0.15, 0.2) is 30.3 Å². The van der Waals surface area contributed by atoms with Gasteiger partial charge in [0.25, 0.3) is 0 Å². The molecule has 1 aromatic rings. The van der Waals surface area contributed by atoms with Crippen molar-refractivity contribution in [1.82, 2.24) is 10.2 Å². The molecule has 0 saturated carbocycles. The molecular formula is C20H30N2O3. The Morgan fingerprint density at radius 2 is 1.96 bits per heavy atom. The van der Waals surface area contributed by atoms with Crippen molar-refractivity contribution in [2.45, 2.75) is 64.5 Å². The number of nitrogens with one attached hydrogen (secondary N) is 1. The maximum Gasteiger partial charge on any atom is 0.408 e. The van der Waals surface area contributed by atoms with E-state index in [-0.39, 0.29) is 5.91 Å². The van der Waals surface area contributed by atoms with Gasteiger partial charge in [-0.1, -0.05) is 30.3 Å². The number of carbonyl (C=O) groups is 2. The Morgan fingerprint density at radius 3 is 2.64 bits per heavy atom. The quantitative estimate of drug-likeness (QED) is 0.887. The fraction of sp³-hybridized carbons (Fsp3) is 0.600. The highest BCUT2D eigenvalue weighted by molar-refractivity contribution is 5.86. The van der Waals surface area contributed by atoms with Gasteiger partial charge in [0.1, 0.15) is 11.6 Å². The number of amides is 2. The second-order valence-corrected chi connectivity index (χ2v) is 7.61. The maximum atomic E-state index is 12.7. The largest absolute Gasteiger partial charge is 0.444 e. The summed E-state index contributed by atoms with van der Waals surface area (Å²) in [5.41, 5.74) is 0.723. The Kier molecular flexibility index (Phi) is 6.85. The Labute approximate surface area is 150 Å². The lowest BCUT2D eigenvalue weighted by atomic mass is 10.1. The average molecular weight is 346 g/mol. The molecule has 0 bridgehead atoms. The van der Waals surface area contributed by atoms with Crippen molar-refractivity contribution in [2.24, 2.45) is 0 Å². The number of benzene rings is 1. The number of alkyl carbamates (subject to hydrolysis) is 1. The molecule has 1 heterocycles. The molecule has 138 valence electrons. The summed E-state index contributed by atoms with van der Waals surface area (Å²) < 4.78 is 5.28. The van der Waals surface area contributed by atoms with E-state index in [0.29, 0.717) is 6.42 Å². The lowest BCUT2D eigenvalue weighted by Crippen LogP contribution is -2.48. The van der Waals surface area contributed by atoms with Gasteiger partial charge in [0.15, 0.2) is 0 Å². The molecule has 1 N–H and O–H groups in total. The van der Waals surface area contributed by atoms with Crippen LogP contribution in [0.25, 0.3) is 0 Å². The minimum absolute atomic E-state index is 0.0106. The highest BCUT2D eigenvalue weighted by Crippen LogP contribution is 2.15. The van der Waals surface area contributed by atoms with E-state index in [1.54, 1.807) is 0 Å². The third-order valence-electron chi connectivity index (χ3n) is 4.21. The van der Waals surface area contributed by atoms with Crippen molar-refractivity contribution in [3.63, 3.8) is 0 Å². The van der Waals surface area contributed by atoms with Crippen LogP contribution in [0.5, 0.6) is 0 Å². The number of nitrogens with zero attached hydrogens (tertiary/aromatic N) is 1. The predicted molar refractivity (Wildman–Crippen MR) is 98.4 cm³/mol. The number of rotatable bonds is 5. The van der Waals surface area contributed by atoms with Gasteiger partial charge in [0, 0.05) is 13.1 Å². The van der Waals surface area contributed by atoms with Gasteiger partial charge in [0.05, 0.1) is 0 Å². The lowest BCUT2D eigenvalue weighted by Gasteiger charge is -2.26. The highest BCUT2D eigenvalue weighted by atomic mass is 16.6. The first-order valence-corrected chi connectivity index (χ1v) is 9.17. The van der Waals surface area contributed by atoms with E-state index in [2.05, 4.69) is 17.4 Å². The van der Waals surface area contributed by atoms with Gasteiger partial charge in [-0.25, -0.2) is 4.79 Å². The Bertz CT molecular complexity index is 566. The molecule has 1 saturated heterocycles. The number of hydrogen-bond donors (Lipinski definition) is 1. The number of aryl methyl sites for hydroxylation is 1. The highest BCUT2D eigenvalue weighted by Gasteiger charge is 2.29. The summed E-state index contributed by atoms with van der Waals surface area (Å²) in [6.45, 7) is 6.94. The number of likely N-dealkylation sites (tertiary alicyclic amines) is 1. The van der Waals surface area contributed by atoms with Crippen LogP contribution in [-0.4, -0.2) is 41.6 Å². The molecule has 0 radical (unpaired) electrons. The number of hydrogen-bond acceptors (Lipinski definition) is 3. The van der Waals surface area contributed by atoms with Gasteiger partial charge in [0.2, 0.25) is 5.91 Å². The fourth-order valence-electron chi connectivity index (χ4n) is 3.03. The van der Waals surface area contributed by atoms with Crippen LogP contribution in [0.1, 0.15) is 52.0 Å². The summed E-state index contributed by atoms with van der Waals surface area (Å²) in [6, 6.07) is 9.82. The van der Waals surface area contributed by atoms with E-state index in [9.17, 15) is 9.59 Å². The SMILES string of the molecule is CC(C)(C)OC(=O)N[C@H]1CCCCN(CCCc2ccccc2)C1=O. The summed E-state index contributed by atoms with van der Waals surface area (Å²) in [7, 11) is 0. The van der Waals surface area contributed by atoms with Gasteiger partial charge in [-0.05, 0) is 58.4 Å². The van der Waals surface area contributed by atoms with Crippen LogP contribution in [0.3, 0.4) is 0 Å². The summed E-state index contributed by atoms with van der Waals surface area (Å²) in [5.74, 6) is 0.0106. The van der Waals surface area contributed by atoms with E-state index < -0.39 is 17.7 Å². The average Bonchev–Trinajstić information content (AvgIpc) is 2.70. The third-order valence-corrected chi connectivity index (χ3v) is 4.21. The topological polar surface area (TPSA) is 58.6 Å². The number of ether oxygens (including phenoxy) is 1. The zero-order valence-corrected chi connectivity index (χ0v) is 15.6. The van der Waals surface area contributed by atoms with Gasteiger partial charge in [-0.2, -0.15) is 0 Å². The molecule has 2 rings (SSSR count). The minimum atomic E-state index is -0.562. The summed E-state index contributed by atoms with van der Waals surface area (Å²) in [4.78, 5) is 26.6. The molecule has 1 aliphatic heterocycles. The van der Waals surface area contributed by atoms with E-state index in [1.807, 2.05) is 43.9 Å². The molecule has 0 spiro atoms. The molecule has 25 heavy (non-hydrogen) atoms. The normalized spacial score (nSPS) is 18.6. The second-order valence-electron chi connectivity index (χ2n) is 7.61. The Balaban J connectivity index is 1.86. The molecule has 1 aromatic carbocycles. The van der Waals surface area contributed by atoms with Crippen LogP contribution in [-0.2, 0) is 16.0 Å². The monoisotopic (exact) mass is 346 g/mol. The van der Waals surface area contributed by atoms with Gasteiger partial charge < -0.3 is 15.0 Å². The summed E-state index contributed by atoms with van der Waals surface area (Å²) in [5, 5.41) is 2.75. The first-order chi connectivity index (χ1) is 11.8. The molecule has 0 aliphatic carbocycles. The van der Waals surface area contributed by atoms with Crippen molar-refractivity contribution in [3.8, 4) is 0 Å². The van der Waals surface area contributed by atoms with Gasteiger partial charge in [-0.3, -0.25) is 4.79 Å².